The number of rotatable bonds is 4. The number of hydrogen-bond acceptors (Lipinski definition) is 5. The van der Waals surface area contributed by atoms with Crippen molar-refractivity contribution >= 4 is 33.3 Å². The molecule has 0 fully saturated rings. The average Bonchev–Trinajstić information content (AvgIpc) is 3.10. The summed E-state index contributed by atoms with van der Waals surface area (Å²) in [5.41, 5.74) is 2.60. The number of nitrogens with one attached hydrogen (secondary N) is 1. The Kier molecular flexibility index (Phi) is 4.55. The molecular weight excluding hydrogens is 336 g/mol. The number of fused-ring (bicyclic) bond motifs is 2. The molecule has 6 heteroatoms. The standard InChI is InChI=1S/C19H20N2O3S/c1-23-11-13-12-7-5-6-9-15(12)24-17(13)18(22)21-19-20-14-8-3-2-4-10-16(14)25-19/h5-7,9H,2-4,8,10-11H2,1H3,(H,20,21,22). The maximum atomic E-state index is 12.8. The Morgan fingerprint density at radius 3 is 3.00 bits per heavy atom. The summed E-state index contributed by atoms with van der Waals surface area (Å²) in [4.78, 5) is 18.7. The Labute approximate surface area is 150 Å². The molecule has 0 saturated carbocycles. The van der Waals surface area contributed by atoms with Gasteiger partial charge in [0.2, 0.25) is 0 Å². The van der Waals surface area contributed by atoms with Gasteiger partial charge in [0.25, 0.3) is 5.91 Å². The predicted molar refractivity (Wildman–Crippen MR) is 98.3 cm³/mol. The fraction of sp³-hybridized carbons (Fsp3) is 0.368. The van der Waals surface area contributed by atoms with E-state index in [2.05, 4.69) is 10.3 Å². The quantitative estimate of drug-likeness (QED) is 0.696. The van der Waals surface area contributed by atoms with E-state index in [1.807, 2.05) is 24.3 Å². The van der Waals surface area contributed by atoms with Crippen LogP contribution in [0.25, 0.3) is 11.0 Å². The Morgan fingerprint density at radius 1 is 1.28 bits per heavy atom. The van der Waals surface area contributed by atoms with Gasteiger partial charge in [0.15, 0.2) is 10.9 Å². The first kappa shape index (κ1) is 16.3. The molecule has 0 radical (unpaired) electrons. The first-order chi connectivity index (χ1) is 12.3. The van der Waals surface area contributed by atoms with Crippen molar-refractivity contribution < 1.29 is 13.9 Å². The normalized spacial score (nSPS) is 14.3. The van der Waals surface area contributed by atoms with Crippen LogP contribution in [0.1, 0.15) is 46.0 Å². The number of methoxy groups -OCH3 is 1. The van der Waals surface area contributed by atoms with E-state index >= 15 is 0 Å². The first-order valence-electron chi connectivity index (χ1n) is 8.55. The highest BCUT2D eigenvalue weighted by atomic mass is 32.1. The lowest BCUT2D eigenvalue weighted by Crippen LogP contribution is -2.13. The molecule has 1 aromatic carbocycles. The number of hydrogen-bond donors (Lipinski definition) is 1. The van der Waals surface area contributed by atoms with E-state index in [-0.39, 0.29) is 5.91 Å². The van der Waals surface area contributed by atoms with Crippen molar-refractivity contribution in [3.63, 3.8) is 0 Å². The number of ether oxygens (including phenoxy) is 1. The van der Waals surface area contributed by atoms with E-state index in [0.717, 1.165) is 29.5 Å². The van der Waals surface area contributed by atoms with Gasteiger partial charge >= 0.3 is 0 Å². The lowest BCUT2D eigenvalue weighted by Gasteiger charge is -2.02. The predicted octanol–water partition coefficient (Wildman–Crippen LogP) is 4.56. The van der Waals surface area contributed by atoms with Gasteiger partial charge in [0.05, 0.1) is 12.3 Å². The molecular formula is C19H20N2O3S. The van der Waals surface area contributed by atoms with E-state index in [1.165, 1.54) is 24.1 Å². The zero-order valence-corrected chi connectivity index (χ0v) is 14.9. The third-order valence-corrected chi connectivity index (χ3v) is 5.58. The summed E-state index contributed by atoms with van der Waals surface area (Å²) >= 11 is 1.58. The first-order valence-corrected chi connectivity index (χ1v) is 9.37. The van der Waals surface area contributed by atoms with Crippen molar-refractivity contribution in [3.05, 3.63) is 46.2 Å². The molecule has 0 unspecified atom stereocenters. The molecule has 2 aromatic heterocycles. The highest BCUT2D eigenvalue weighted by molar-refractivity contribution is 7.15. The van der Waals surface area contributed by atoms with Crippen molar-refractivity contribution in [3.8, 4) is 0 Å². The summed E-state index contributed by atoms with van der Waals surface area (Å²) in [5.74, 6) is 0.0283. The number of benzene rings is 1. The van der Waals surface area contributed by atoms with Crippen LogP contribution in [0.3, 0.4) is 0 Å². The highest BCUT2D eigenvalue weighted by Crippen LogP contribution is 2.31. The van der Waals surface area contributed by atoms with Crippen molar-refractivity contribution in [1.82, 2.24) is 4.98 Å². The SMILES string of the molecule is COCc1c(C(=O)Nc2nc3c(s2)CCCCC3)oc2ccccc12. The number of thiazole rings is 1. The highest BCUT2D eigenvalue weighted by Gasteiger charge is 2.22. The van der Waals surface area contributed by atoms with Gasteiger partial charge in [-0.15, -0.1) is 11.3 Å². The maximum Gasteiger partial charge on any atom is 0.293 e. The lowest BCUT2D eigenvalue weighted by molar-refractivity contribution is 0.0992. The summed E-state index contributed by atoms with van der Waals surface area (Å²) < 4.78 is 11.1. The molecule has 130 valence electrons. The minimum Gasteiger partial charge on any atom is -0.451 e. The van der Waals surface area contributed by atoms with Crippen LogP contribution in [0.5, 0.6) is 0 Å². The molecule has 0 atom stereocenters. The smallest absolute Gasteiger partial charge is 0.293 e. The van der Waals surface area contributed by atoms with Crippen molar-refractivity contribution in [2.45, 2.75) is 38.7 Å². The zero-order chi connectivity index (χ0) is 17.2. The molecule has 0 aliphatic heterocycles. The third kappa shape index (κ3) is 3.19. The second kappa shape index (κ2) is 6.98. The average molecular weight is 356 g/mol. The monoisotopic (exact) mass is 356 g/mol. The number of para-hydroxylation sites is 1. The molecule has 3 aromatic rings. The molecule has 1 amide bonds. The van der Waals surface area contributed by atoms with Gasteiger partial charge in [-0.2, -0.15) is 0 Å². The van der Waals surface area contributed by atoms with Gasteiger partial charge in [0.1, 0.15) is 5.58 Å². The van der Waals surface area contributed by atoms with Gasteiger partial charge in [-0.1, -0.05) is 24.6 Å². The molecule has 0 spiro atoms. The van der Waals surface area contributed by atoms with E-state index < -0.39 is 0 Å². The topological polar surface area (TPSA) is 64.4 Å². The van der Waals surface area contributed by atoms with E-state index in [9.17, 15) is 4.79 Å². The fourth-order valence-electron chi connectivity index (χ4n) is 3.31. The van der Waals surface area contributed by atoms with Crippen LogP contribution in [0.15, 0.2) is 28.7 Å². The van der Waals surface area contributed by atoms with Crippen LogP contribution in [-0.4, -0.2) is 18.0 Å². The second-order valence-electron chi connectivity index (χ2n) is 6.24. The largest absolute Gasteiger partial charge is 0.451 e. The summed E-state index contributed by atoms with van der Waals surface area (Å²) in [6, 6.07) is 7.62. The Hall–Kier alpha value is -2.18. The minimum atomic E-state index is -0.271. The van der Waals surface area contributed by atoms with Crippen LogP contribution in [-0.2, 0) is 24.2 Å². The molecule has 2 heterocycles. The summed E-state index contributed by atoms with van der Waals surface area (Å²) in [7, 11) is 1.61. The number of aromatic nitrogens is 1. The Bertz CT molecular complexity index is 889. The van der Waals surface area contributed by atoms with Crippen molar-refractivity contribution in [2.24, 2.45) is 0 Å². The van der Waals surface area contributed by atoms with Gasteiger partial charge in [-0.3, -0.25) is 10.1 Å². The van der Waals surface area contributed by atoms with Gasteiger partial charge in [0, 0.05) is 22.9 Å². The summed E-state index contributed by atoms with van der Waals surface area (Å²) in [6.07, 6.45) is 5.68. The van der Waals surface area contributed by atoms with Crippen LogP contribution >= 0.6 is 11.3 Å². The van der Waals surface area contributed by atoms with Crippen LogP contribution in [0, 0.1) is 0 Å². The maximum absolute atomic E-state index is 12.8. The van der Waals surface area contributed by atoms with Crippen LogP contribution < -0.4 is 5.32 Å². The fourth-order valence-corrected chi connectivity index (χ4v) is 4.35. The van der Waals surface area contributed by atoms with E-state index in [0.29, 0.717) is 23.1 Å². The molecule has 1 aliphatic carbocycles. The van der Waals surface area contributed by atoms with Crippen molar-refractivity contribution in [2.75, 3.05) is 12.4 Å². The number of amides is 1. The summed E-state index contributed by atoms with van der Waals surface area (Å²) in [5, 5.41) is 4.48. The van der Waals surface area contributed by atoms with E-state index in [4.69, 9.17) is 9.15 Å². The number of nitrogens with zero attached hydrogens (tertiary/aromatic N) is 1. The molecule has 4 rings (SSSR count). The van der Waals surface area contributed by atoms with Gasteiger partial charge in [-0.05, 0) is 31.7 Å². The zero-order valence-electron chi connectivity index (χ0n) is 14.1. The third-order valence-electron chi connectivity index (χ3n) is 4.51. The second-order valence-corrected chi connectivity index (χ2v) is 7.33. The van der Waals surface area contributed by atoms with Gasteiger partial charge < -0.3 is 9.15 Å². The number of aryl methyl sites for hydroxylation is 2. The molecule has 5 nitrogen and oxygen atoms in total. The number of anilines is 1. The number of carbonyl (C=O) groups is 1. The molecule has 0 saturated heterocycles. The van der Waals surface area contributed by atoms with Crippen LogP contribution in [0.4, 0.5) is 5.13 Å². The number of furan rings is 1. The lowest BCUT2D eigenvalue weighted by atomic mass is 10.1. The summed E-state index contributed by atoms with van der Waals surface area (Å²) in [6.45, 7) is 0.328. The molecule has 1 N–H and O–H groups in total. The van der Waals surface area contributed by atoms with Gasteiger partial charge in [-0.25, -0.2) is 4.98 Å². The Morgan fingerprint density at radius 2 is 2.12 bits per heavy atom. The van der Waals surface area contributed by atoms with Crippen LogP contribution in [0.2, 0.25) is 0 Å². The van der Waals surface area contributed by atoms with E-state index in [1.54, 1.807) is 18.4 Å². The Balaban J connectivity index is 1.63. The minimum absolute atomic E-state index is 0.271. The van der Waals surface area contributed by atoms with Crippen molar-refractivity contribution in [1.29, 1.82) is 0 Å². The molecule has 1 aliphatic rings. The molecule has 25 heavy (non-hydrogen) atoms. The number of carbonyl (C=O) groups excluding carboxylic acids is 1. The molecule has 0 bridgehead atoms.